The Bertz CT molecular complexity index is 329. The molecule has 0 saturated carbocycles. The van der Waals surface area contributed by atoms with E-state index in [1.54, 1.807) is 6.07 Å². The third kappa shape index (κ3) is 3.32. The Balaban J connectivity index is 2.64. The van der Waals surface area contributed by atoms with Crippen LogP contribution in [0.25, 0.3) is 0 Å². The minimum absolute atomic E-state index is 0.00318. The normalized spacial score (nSPS) is 12.8. The van der Waals surface area contributed by atoms with Crippen molar-refractivity contribution in [2.75, 3.05) is 0 Å². The standard InChI is InChI=1S/C7H11O5PS/c8-6(9)3-1-5-2-4-7(14-5)13(10,11)12/h2,4,10-13H,1,3H2,(H,8,9). The second-order valence-corrected chi connectivity index (χ2v) is 6.14. The number of hydrogen-bond acceptors (Lipinski definition) is 5. The van der Waals surface area contributed by atoms with Gasteiger partial charge in [-0.05, 0) is 0 Å². The first kappa shape index (κ1) is 11.6. The van der Waals surface area contributed by atoms with E-state index >= 15 is 0 Å². The molecule has 0 saturated heterocycles. The van der Waals surface area contributed by atoms with E-state index in [-0.39, 0.29) is 11.0 Å². The molecular formula is C7H11O5PS. The van der Waals surface area contributed by atoms with Crippen LogP contribution in [0.1, 0.15) is 11.3 Å². The summed E-state index contributed by atoms with van der Waals surface area (Å²) < 4.78 is 0.123. The van der Waals surface area contributed by atoms with Gasteiger partial charge in [-0.2, -0.15) is 0 Å². The summed E-state index contributed by atoms with van der Waals surface area (Å²) in [7, 11) is -4.20. The average Bonchev–Trinajstić information content (AvgIpc) is 2.47. The van der Waals surface area contributed by atoms with E-state index in [4.69, 9.17) is 19.8 Å². The molecule has 1 rings (SSSR count). The molecule has 1 heterocycles. The van der Waals surface area contributed by atoms with Crippen molar-refractivity contribution >= 4 is 29.9 Å². The minimum atomic E-state index is -4.20. The van der Waals surface area contributed by atoms with Crippen LogP contribution < -0.4 is 4.62 Å². The van der Waals surface area contributed by atoms with Gasteiger partial charge in [0.15, 0.2) is 0 Å². The second kappa shape index (κ2) is 4.33. The molecule has 0 aliphatic heterocycles. The van der Waals surface area contributed by atoms with Crippen molar-refractivity contribution < 1.29 is 24.6 Å². The quantitative estimate of drug-likeness (QED) is 0.547. The molecule has 5 nitrogen and oxygen atoms in total. The Hall–Kier alpha value is -0.520. The number of aliphatic carboxylic acids is 1. The average molecular weight is 238 g/mol. The summed E-state index contributed by atoms with van der Waals surface area (Å²) in [5.74, 6) is -0.902. The number of carboxylic acids is 1. The predicted octanol–water partition coefficient (Wildman–Crippen LogP) is -0.138. The summed E-state index contributed by atoms with van der Waals surface area (Å²) in [6, 6.07) is 3.00. The molecule has 0 unspecified atom stereocenters. The van der Waals surface area contributed by atoms with Gasteiger partial charge < -0.3 is 0 Å². The van der Waals surface area contributed by atoms with E-state index in [2.05, 4.69) is 0 Å². The summed E-state index contributed by atoms with van der Waals surface area (Å²) in [6.07, 6.45) is 0.335. The van der Waals surface area contributed by atoms with E-state index in [9.17, 15) is 4.79 Å². The monoisotopic (exact) mass is 238 g/mol. The molecule has 7 heteroatoms. The number of thiophene rings is 1. The van der Waals surface area contributed by atoms with Crippen molar-refractivity contribution in [1.29, 1.82) is 0 Å². The predicted molar refractivity (Wildman–Crippen MR) is 54.9 cm³/mol. The molecule has 80 valence electrons. The summed E-state index contributed by atoms with van der Waals surface area (Å²) in [4.78, 5) is 37.7. The SMILES string of the molecule is O=C(O)CCc1ccc([PH](O)(O)O)s1. The van der Waals surface area contributed by atoms with Crippen molar-refractivity contribution in [3.05, 3.63) is 17.0 Å². The van der Waals surface area contributed by atoms with Crippen molar-refractivity contribution in [1.82, 2.24) is 0 Å². The van der Waals surface area contributed by atoms with Crippen LogP contribution in [0.3, 0.4) is 0 Å². The van der Waals surface area contributed by atoms with E-state index < -0.39 is 13.9 Å². The molecule has 0 radical (unpaired) electrons. The third-order valence-corrected chi connectivity index (χ3v) is 4.49. The van der Waals surface area contributed by atoms with Crippen LogP contribution in [0.2, 0.25) is 0 Å². The van der Waals surface area contributed by atoms with Crippen molar-refractivity contribution in [3.63, 3.8) is 0 Å². The van der Waals surface area contributed by atoms with E-state index in [1.165, 1.54) is 6.07 Å². The maximum atomic E-state index is 10.2. The fourth-order valence-corrected chi connectivity index (χ4v) is 2.93. The summed E-state index contributed by atoms with van der Waals surface area (Å²) in [6.45, 7) is 0. The van der Waals surface area contributed by atoms with Crippen molar-refractivity contribution in [2.45, 2.75) is 12.8 Å². The summed E-state index contributed by atoms with van der Waals surface area (Å²) in [5.41, 5.74) is 0. The molecule has 0 aromatic carbocycles. The molecule has 0 spiro atoms. The van der Waals surface area contributed by atoms with Gasteiger partial charge in [0.1, 0.15) is 0 Å². The molecule has 1 aromatic rings. The van der Waals surface area contributed by atoms with Crippen molar-refractivity contribution in [2.24, 2.45) is 0 Å². The molecule has 14 heavy (non-hydrogen) atoms. The topological polar surface area (TPSA) is 98.0 Å². The number of rotatable bonds is 4. The van der Waals surface area contributed by atoms with Gasteiger partial charge in [0.2, 0.25) is 0 Å². The van der Waals surface area contributed by atoms with Crippen LogP contribution in [-0.4, -0.2) is 25.8 Å². The molecule has 0 aliphatic carbocycles. The van der Waals surface area contributed by atoms with E-state index in [0.717, 1.165) is 16.2 Å². The number of carboxylic acid groups (broad SMARTS) is 1. The fraction of sp³-hybridized carbons (Fsp3) is 0.286. The third-order valence-electron chi connectivity index (χ3n) is 1.58. The molecule has 0 bridgehead atoms. The zero-order chi connectivity index (χ0) is 10.8. The number of aryl methyl sites for hydroxylation is 1. The first-order chi connectivity index (χ1) is 6.39. The molecule has 0 atom stereocenters. The molecular weight excluding hydrogens is 227 g/mol. The summed E-state index contributed by atoms with van der Waals surface area (Å²) >= 11 is 1.03. The zero-order valence-corrected chi connectivity index (χ0v) is 8.99. The van der Waals surface area contributed by atoms with E-state index in [0.29, 0.717) is 6.42 Å². The fourth-order valence-electron chi connectivity index (χ4n) is 0.923. The zero-order valence-electron chi connectivity index (χ0n) is 7.17. The van der Waals surface area contributed by atoms with E-state index in [1.807, 2.05) is 0 Å². The number of hydrogen-bond donors (Lipinski definition) is 4. The van der Waals surface area contributed by atoms with Gasteiger partial charge in [0, 0.05) is 0 Å². The van der Waals surface area contributed by atoms with Gasteiger partial charge in [0.25, 0.3) is 0 Å². The summed E-state index contributed by atoms with van der Waals surface area (Å²) in [5, 5.41) is 8.41. The van der Waals surface area contributed by atoms with Crippen LogP contribution in [0.15, 0.2) is 12.1 Å². The Morgan fingerprint density at radius 1 is 1.36 bits per heavy atom. The second-order valence-electron chi connectivity index (χ2n) is 2.80. The molecule has 0 fully saturated rings. The van der Waals surface area contributed by atoms with Crippen LogP contribution in [0.4, 0.5) is 0 Å². The van der Waals surface area contributed by atoms with Crippen LogP contribution in [0, 0.1) is 0 Å². The van der Waals surface area contributed by atoms with Crippen molar-refractivity contribution in [3.8, 4) is 0 Å². The van der Waals surface area contributed by atoms with Gasteiger partial charge in [0.05, 0.1) is 0 Å². The Morgan fingerprint density at radius 2 is 2.00 bits per heavy atom. The Labute approximate surface area is 84.8 Å². The Morgan fingerprint density at radius 3 is 2.43 bits per heavy atom. The van der Waals surface area contributed by atoms with Crippen LogP contribution >= 0.6 is 19.3 Å². The van der Waals surface area contributed by atoms with Crippen LogP contribution in [0.5, 0.6) is 0 Å². The molecule has 1 aromatic heterocycles. The molecule has 4 N–H and O–H groups in total. The van der Waals surface area contributed by atoms with Crippen LogP contribution in [-0.2, 0) is 11.2 Å². The van der Waals surface area contributed by atoms with Gasteiger partial charge in [-0.3, -0.25) is 0 Å². The first-order valence-corrected chi connectivity index (χ1v) is 6.53. The van der Waals surface area contributed by atoms with Gasteiger partial charge in [-0.25, -0.2) is 0 Å². The first-order valence-electron chi connectivity index (χ1n) is 3.87. The Kier molecular flexibility index (Phi) is 3.58. The maximum absolute atomic E-state index is 10.2. The molecule has 0 amide bonds. The van der Waals surface area contributed by atoms with Gasteiger partial charge in [-0.15, -0.1) is 0 Å². The molecule has 0 aliphatic rings. The van der Waals surface area contributed by atoms with Gasteiger partial charge >= 0.3 is 84.3 Å². The number of carbonyl (C=O) groups is 1. The van der Waals surface area contributed by atoms with Gasteiger partial charge in [-0.1, -0.05) is 0 Å².